The van der Waals surface area contributed by atoms with Crippen LogP contribution in [0.4, 0.5) is 0 Å². The van der Waals surface area contributed by atoms with Gasteiger partial charge in [-0.05, 0) is 48.9 Å². The molecule has 1 aliphatic carbocycles. The van der Waals surface area contributed by atoms with Crippen molar-refractivity contribution in [2.45, 2.75) is 37.3 Å². The molecule has 0 bridgehead atoms. The van der Waals surface area contributed by atoms with Crippen LogP contribution in [0.3, 0.4) is 0 Å². The summed E-state index contributed by atoms with van der Waals surface area (Å²) in [4.78, 5) is 0. The minimum Gasteiger partial charge on any atom is -0.497 e. The molecule has 0 spiro atoms. The fourth-order valence-corrected chi connectivity index (χ4v) is 3.19. The van der Waals surface area contributed by atoms with Gasteiger partial charge in [0.15, 0.2) is 0 Å². The van der Waals surface area contributed by atoms with Crippen LogP contribution in [0.2, 0.25) is 0 Å². The van der Waals surface area contributed by atoms with Gasteiger partial charge in [-0.3, -0.25) is 5.32 Å². The Labute approximate surface area is 119 Å². The first-order chi connectivity index (χ1) is 9.77. The molecule has 1 fully saturated rings. The molecule has 2 aliphatic rings. The maximum Gasteiger partial charge on any atom is 0.133 e. The normalized spacial score (nSPS) is 28.1. The van der Waals surface area contributed by atoms with Gasteiger partial charge in [-0.15, -0.1) is 0 Å². The third-order valence-electron chi connectivity index (χ3n) is 4.39. The van der Waals surface area contributed by atoms with Crippen LogP contribution < -0.4 is 10.1 Å². The summed E-state index contributed by atoms with van der Waals surface area (Å²) in [5.41, 5.74) is 1.72. The molecule has 1 N–H and O–H groups in total. The Hall–Kier alpha value is -1.57. The Balaban J connectivity index is 1.82. The molecule has 20 heavy (non-hydrogen) atoms. The lowest BCUT2D eigenvalue weighted by molar-refractivity contribution is 0.104. The van der Waals surface area contributed by atoms with Gasteiger partial charge in [-0.2, -0.15) is 5.26 Å². The molecule has 2 unspecified atom stereocenters. The molecule has 0 aromatic heterocycles. The Morgan fingerprint density at radius 3 is 3.15 bits per heavy atom. The second-order valence-corrected chi connectivity index (χ2v) is 5.56. The van der Waals surface area contributed by atoms with E-state index in [2.05, 4.69) is 17.5 Å². The average Bonchev–Trinajstić information content (AvgIpc) is 3.13. The van der Waals surface area contributed by atoms with Crippen LogP contribution >= 0.6 is 0 Å². The van der Waals surface area contributed by atoms with Gasteiger partial charge >= 0.3 is 0 Å². The zero-order valence-electron chi connectivity index (χ0n) is 11.8. The van der Waals surface area contributed by atoms with Gasteiger partial charge in [-0.25, -0.2) is 0 Å². The van der Waals surface area contributed by atoms with Crippen LogP contribution in [0.15, 0.2) is 18.2 Å². The number of benzene rings is 1. The van der Waals surface area contributed by atoms with E-state index in [4.69, 9.17) is 9.47 Å². The summed E-state index contributed by atoms with van der Waals surface area (Å²) in [6.45, 7) is 1.58. The summed E-state index contributed by atoms with van der Waals surface area (Å²) in [6, 6.07) is 8.52. The maximum atomic E-state index is 9.71. The average molecular weight is 272 g/mol. The van der Waals surface area contributed by atoms with E-state index in [-0.39, 0.29) is 6.10 Å². The molecule has 4 heteroatoms. The summed E-state index contributed by atoms with van der Waals surface area (Å²) in [5, 5.41) is 13.2. The highest BCUT2D eigenvalue weighted by Gasteiger charge is 2.39. The van der Waals surface area contributed by atoms with E-state index in [0.717, 1.165) is 50.1 Å². The number of ether oxygens (including phenoxy) is 2. The van der Waals surface area contributed by atoms with Crippen molar-refractivity contribution in [2.75, 3.05) is 20.3 Å². The second-order valence-electron chi connectivity index (χ2n) is 5.56. The standard InChI is InChI=1S/C16H20N2O2/c1-19-13-5-4-12-6-7-16(11-17,15(12)9-13)18-10-14-3-2-8-20-14/h4-5,9,14,18H,2-3,6-8,10H2,1H3. The molecule has 1 aromatic rings. The number of hydrogen-bond donors (Lipinski definition) is 1. The predicted octanol–water partition coefficient (Wildman–Crippen LogP) is 2.13. The van der Waals surface area contributed by atoms with E-state index >= 15 is 0 Å². The Morgan fingerprint density at radius 1 is 1.55 bits per heavy atom. The molecule has 1 aliphatic heterocycles. The first-order valence-electron chi connectivity index (χ1n) is 7.23. The largest absolute Gasteiger partial charge is 0.497 e. The molecular formula is C16H20N2O2. The van der Waals surface area contributed by atoms with E-state index in [1.165, 1.54) is 5.56 Å². The summed E-state index contributed by atoms with van der Waals surface area (Å²) in [6.07, 6.45) is 4.20. The lowest BCUT2D eigenvalue weighted by atomic mass is 9.93. The third kappa shape index (κ3) is 2.28. The number of fused-ring (bicyclic) bond motifs is 1. The molecule has 0 saturated carbocycles. The van der Waals surface area contributed by atoms with E-state index in [9.17, 15) is 5.26 Å². The SMILES string of the molecule is COc1ccc2c(c1)C(C#N)(NCC1CCCO1)CC2. The highest BCUT2D eigenvalue weighted by Crippen LogP contribution is 2.38. The molecule has 1 saturated heterocycles. The van der Waals surface area contributed by atoms with Crippen LogP contribution in [0.25, 0.3) is 0 Å². The van der Waals surface area contributed by atoms with E-state index in [1.54, 1.807) is 7.11 Å². The summed E-state index contributed by atoms with van der Waals surface area (Å²) < 4.78 is 10.9. The second kappa shape index (κ2) is 5.43. The van der Waals surface area contributed by atoms with E-state index < -0.39 is 5.54 Å². The van der Waals surface area contributed by atoms with Crippen molar-refractivity contribution in [3.05, 3.63) is 29.3 Å². The van der Waals surface area contributed by atoms with Gasteiger partial charge in [0.2, 0.25) is 0 Å². The van der Waals surface area contributed by atoms with Gasteiger partial charge in [-0.1, -0.05) is 6.07 Å². The summed E-state index contributed by atoms with van der Waals surface area (Å²) >= 11 is 0. The van der Waals surface area contributed by atoms with E-state index in [1.807, 2.05) is 12.1 Å². The molecule has 0 amide bonds. The quantitative estimate of drug-likeness (QED) is 0.912. The van der Waals surface area contributed by atoms with Crippen molar-refractivity contribution < 1.29 is 9.47 Å². The molecular weight excluding hydrogens is 252 g/mol. The van der Waals surface area contributed by atoms with Crippen molar-refractivity contribution >= 4 is 0 Å². The number of nitrogens with zero attached hydrogens (tertiary/aromatic N) is 1. The fourth-order valence-electron chi connectivity index (χ4n) is 3.19. The van der Waals surface area contributed by atoms with Gasteiger partial charge in [0.25, 0.3) is 0 Å². The number of hydrogen-bond acceptors (Lipinski definition) is 4. The molecule has 4 nitrogen and oxygen atoms in total. The zero-order valence-corrected chi connectivity index (χ0v) is 11.8. The number of nitrogens with one attached hydrogen (secondary N) is 1. The van der Waals surface area contributed by atoms with Crippen molar-refractivity contribution in [1.82, 2.24) is 5.32 Å². The van der Waals surface area contributed by atoms with E-state index in [0.29, 0.717) is 0 Å². The summed E-state index contributed by atoms with van der Waals surface area (Å²) in [7, 11) is 1.66. The Bertz CT molecular complexity index is 532. The first kappa shape index (κ1) is 13.4. The first-order valence-corrected chi connectivity index (χ1v) is 7.23. The number of rotatable bonds is 4. The van der Waals surface area contributed by atoms with Crippen LogP contribution in [0.5, 0.6) is 5.75 Å². The highest BCUT2D eigenvalue weighted by atomic mass is 16.5. The lowest BCUT2D eigenvalue weighted by Crippen LogP contribution is -2.43. The van der Waals surface area contributed by atoms with Crippen molar-refractivity contribution in [1.29, 1.82) is 5.26 Å². The van der Waals surface area contributed by atoms with Crippen molar-refractivity contribution in [3.63, 3.8) is 0 Å². The molecule has 1 heterocycles. The Morgan fingerprint density at radius 2 is 2.45 bits per heavy atom. The number of methoxy groups -OCH3 is 1. The van der Waals surface area contributed by atoms with Gasteiger partial charge in [0.05, 0.1) is 19.3 Å². The van der Waals surface area contributed by atoms with Crippen LogP contribution in [-0.2, 0) is 16.7 Å². The molecule has 1 aromatic carbocycles. The van der Waals surface area contributed by atoms with Crippen LogP contribution in [0, 0.1) is 11.3 Å². The van der Waals surface area contributed by atoms with Crippen LogP contribution in [0.1, 0.15) is 30.4 Å². The molecule has 106 valence electrons. The van der Waals surface area contributed by atoms with Gasteiger partial charge in [0, 0.05) is 13.2 Å². The van der Waals surface area contributed by atoms with Gasteiger partial charge < -0.3 is 9.47 Å². The minimum absolute atomic E-state index is 0.245. The Kier molecular flexibility index (Phi) is 3.64. The number of nitriles is 1. The van der Waals surface area contributed by atoms with Gasteiger partial charge in [0.1, 0.15) is 11.3 Å². The molecule has 3 rings (SSSR count). The smallest absolute Gasteiger partial charge is 0.133 e. The fraction of sp³-hybridized carbons (Fsp3) is 0.562. The monoisotopic (exact) mass is 272 g/mol. The molecule has 0 radical (unpaired) electrons. The minimum atomic E-state index is -0.587. The molecule has 2 atom stereocenters. The predicted molar refractivity (Wildman–Crippen MR) is 75.6 cm³/mol. The topological polar surface area (TPSA) is 54.3 Å². The highest BCUT2D eigenvalue weighted by molar-refractivity contribution is 5.47. The maximum absolute atomic E-state index is 9.71. The van der Waals surface area contributed by atoms with Crippen molar-refractivity contribution in [3.8, 4) is 11.8 Å². The lowest BCUT2D eigenvalue weighted by Gasteiger charge is -2.26. The zero-order chi connectivity index (χ0) is 14.0. The van der Waals surface area contributed by atoms with Crippen LogP contribution in [-0.4, -0.2) is 26.4 Å². The summed E-state index contributed by atoms with van der Waals surface area (Å²) in [5.74, 6) is 0.809. The van der Waals surface area contributed by atoms with Crippen molar-refractivity contribution in [2.24, 2.45) is 0 Å². The number of aryl methyl sites for hydroxylation is 1. The third-order valence-corrected chi connectivity index (χ3v) is 4.39.